The molecule has 0 aliphatic rings. The van der Waals surface area contributed by atoms with Crippen molar-refractivity contribution in [3.8, 4) is 0 Å². The predicted octanol–water partition coefficient (Wildman–Crippen LogP) is 6.58. The van der Waals surface area contributed by atoms with E-state index in [0.29, 0.717) is 18.6 Å². The third kappa shape index (κ3) is 21.3. The molecular formula is C12H26MoPS. The first kappa shape index (κ1) is 21.7. The van der Waals surface area contributed by atoms with Crippen LogP contribution >= 0.6 is 23.4 Å². The van der Waals surface area contributed by atoms with E-state index in [4.69, 9.17) is 0 Å². The SMILES string of the molecule is CCCCCCC[CH2][Mo][CH2]CCC.[P].[S]. The molecule has 0 saturated carbocycles. The third-order valence-electron chi connectivity index (χ3n) is 2.28. The molecule has 0 bridgehead atoms. The molecule has 0 saturated heterocycles. The van der Waals surface area contributed by atoms with E-state index >= 15 is 0 Å². The van der Waals surface area contributed by atoms with E-state index in [1.54, 1.807) is 9.62 Å². The molecule has 0 atom stereocenters. The summed E-state index contributed by atoms with van der Waals surface area (Å²) in [6.07, 6.45) is 11.8. The quantitative estimate of drug-likeness (QED) is 0.241. The second kappa shape index (κ2) is 20.8. The molecule has 0 fully saturated rings. The van der Waals surface area contributed by atoms with Crippen LogP contribution in [0.5, 0.6) is 0 Å². The fourth-order valence-electron chi connectivity index (χ4n) is 1.33. The summed E-state index contributed by atoms with van der Waals surface area (Å²) < 4.78 is 0. The number of rotatable bonds is 10. The van der Waals surface area contributed by atoms with E-state index in [9.17, 15) is 0 Å². The molecule has 0 aliphatic carbocycles. The maximum Gasteiger partial charge on any atom is 0 e. The second-order valence-electron chi connectivity index (χ2n) is 3.73. The molecule has 5 radical (unpaired) electrons. The van der Waals surface area contributed by atoms with Crippen molar-refractivity contribution in [1.29, 1.82) is 0 Å². The van der Waals surface area contributed by atoms with Gasteiger partial charge >= 0.3 is 93.4 Å². The first-order valence-corrected chi connectivity index (χ1v) is 8.83. The summed E-state index contributed by atoms with van der Waals surface area (Å²) in [5.74, 6) is 0. The van der Waals surface area contributed by atoms with Gasteiger partial charge in [0.15, 0.2) is 0 Å². The summed E-state index contributed by atoms with van der Waals surface area (Å²) in [5, 5.41) is 0. The van der Waals surface area contributed by atoms with Crippen LogP contribution in [-0.2, 0) is 18.6 Å². The smallest absolute Gasteiger partial charge is 0 e. The Bertz CT molecular complexity index is 81.7. The van der Waals surface area contributed by atoms with E-state index in [0.717, 1.165) is 0 Å². The van der Waals surface area contributed by atoms with Crippen LogP contribution in [0.25, 0.3) is 0 Å². The van der Waals surface area contributed by atoms with Crippen LogP contribution in [-0.4, -0.2) is 0 Å². The average Bonchev–Trinajstić information content (AvgIpc) is 2.16. The van der Waals surface area contributed by atoms with Crippen molar-refractivity contribution in [3.05, 3.63) is 0 Å². The van der Waals surface area contributed by atoms with Crippen LogP contribution < -0.4 is 0 Å². The maximum absolute atomic E-state index is 2.30. The third-order valence-corrected chi connectivity index (χ3v) is 5.12. The van der Waals surface area contributed by atoms with Crippen molar-refractivity contribution >= 4 is 23.4 Å². The molecule has 0 aromatic carbocycles. The van der Waals surface area contributed by atoms with Gasteiger partial charge in [-0.15, -0.1) is 0 Å². The Kier molecular flexibility index (Phi) is 30.2. The molecule has 0 spiro atoms. The van der Waals surface area contributed by atoms with Gasteiger partial charge in [-0.05, 0) is 0 Å². The molecular weight excluding hydrogens is 303 g/mol. The van der Waals surface area contributed by atoms with Gasteiger partial charge in [-0.3, -0.25) is 0 Å². The minimum atomic E-state index is 0. The Balaban J connectivity index is -0.000000720. The van der Waals surface area contributed by atoms with E-state index in [-0.39, 0.29) is 23.4 Å². The minimum Gasteiger partial charge on any atom is 0 e. The average molecular weight is 329 g/mol. The Morgan fingerprint density at radius 3 is 1.73 bits per heavy atom. The van der Waals surface area contributed by atoms with E-state index < -0.39 is 0 Å². The summed E-state index contributed by atoms with van der Waals surface area (Å²) in [4.78, 5) is 3.20. The van der Waals surface area contributed by atoms with Crippen molar-refractivity contribution in [2.75, 3.05) is 0 Å². The molecule has 0 unspecified atom stereocenters. The van der Waals surface area contributed by atoms with E-state index in [1.807, 2.05) is 0 Å². The van der Waals surface area contributed by atoms with Crippen molar-refractivity contribution in [1.82, 2.24) is 0 Å². The normalized spacial score (nSPS) is 9.20. The Hall–Kier alpha value is 1.47. The van der Waals surface area contributed by atoms with Crippen LogP contribution in [0.4, 0.5) is 0 Å². The zero-order chi connectivity index (χ0) is 9.78. The first-order chi connectivity index (χ1) is 6.41. The predicted molar refractivity (Wildman–Crippen MR) is 72.4 cm³/mol. The summed E-state index contributed by atoms with van der Waals surface area (Å²) in [5.41, 5.74) is 0. The van der Waals surface area contributed by atoms with E-state index in [2.05, 4.69) is 13.8 Å². The minimum absolute atomic E-state index is 0. The monoisotopic (exact) mass is 331 g/mol. The first-order valence-electron chi connectivity index (χ1n) is 5.99. The van der Waals surface area contributed by atoms with Gasteiger partial charge in [0.25, 0.3) is 0 Å². The van der Waals surface area contributed by atoms with Gasteiger partial charge in [0.2, 0.25) is 0 Å². The molecule has 3 heteroatoms. The van der Waals surface area contributed by atoms with Crippen LogP contribution in [0.3, 0.4) is 0 Å². The van der Waals surface area contributed by atoms with Crippen molar-refractivity contribution in [3.63, 3.8) is 0 Å². The standard InChI is InChI=1S/C8H17.C4H9.Mo.P.S/c1-3-5-7-8-6-4-2;1-3-4-2;;;/h1,3-8H2,2H3;1,3-4H2,2H3;;;. The van der Waals surface area contributed by atoms with Crippen LogP contribution in [0.1, 0.15) is 65.2 Å². The second-order valence-corrected chi connectivity index (χ2v) is 6.74. The fraction of sp³-hybridized carbons (Fsp3) is 1.00. The number of unbranched alkanes of at least 4 members (excludes halogenated alkanes) is 6. The fourth-order valence-corrected chi connectivity index (χ4v) is 4.05. The van der Waals surface area contributed by atoms with Crippen molar-refractivity contribution < 1.29 is 18.6 Å². The summed E-state index contributed by atoms with van der Waals surface area (Å²) in [7, 11) is 0. The topological polar surface area (TPSA) is 0 Å². The van der Waals surface area contributed by atoms with Gasteiger partial charge in [-0.2, -0.15) is 0 Å². The molecule has 15 heavy (non-hydrogen) atoms. The summed E-state index contributed by atoms with van der Waals surface area (Å²) in [6.45, 7) is 4.59. The molecule has 0 rings (SSSR count). The van der Waals surface area contributed by atoms with Gasteiger partial charge in [-0.1, -0.05) is 0 Å². The zero-order valence-corrected chi connectivity index (χ0v) is 14.1. The molecule has 0 amide bonds. The van der Waals surface area contributed by atoms with Crippen molar-refractivity contribution in [2.45, 2.75) is 74.8 Å². The Labute approximate surface area is 116 Å². The number of hydrogen-bond donors (Lipinski definition) is 0. The van der Waals surface area contributed by atoms with Gasteiger partial charge in [0.05, 0.1) is 0 Å². The Morgan fingerprint density at radius 2 is 1.13 bits per heavy atom. The number of hydrogen-bond acceptors (Lipinski definition) is 0. The molecule has 0 N–H and O–H groups in total. The summed E-state index contributed by atoms with van der Waals surface area (Å²) >= 11 is 0.432. The van der Waals surface area contributed by atoms with Crippen LogP contribution in [0.2, 0.25) is 9.62 Å². The zero-order valence-electron chi connectivity index (χ0n) is 10.3. The van der Waals surface area contributed by atoms with Crippen molar-refractivity contribution in [2.24, 2.45) is 0 Å². The molecule has 0 aromatic heterocycles. The molecule has 0 aliphatic heterocycles. The van der Waals surface area contributed by atoms with E-state index in [1.165, 1.54) is 51.4 Å². The van der Waals surface area contributed by atoms with Crippen LogP contribution in [0.15, 0.2) is 0 Å². The molecule has 91 valence electrons. The molecule has 0 aromatic rings. The van der Waals surface area contributed by atoms with Gasteiger partial charge in [-0.25, -0.2) is 0 Å². The largest absolute Gasteiger partial charge is 0 e. The molecule has 0 nitrogen and oxygen atoms in total. The maximum atomic E-state index is 2.30. The van der Waals surface area contributed by atoms with Gasteiger partial charge in [0, 0.05) is 23.4 Å². The summed E-state index contributed by atoms with van der Waals surface area (Å²) in [6, 6.07) is 0. The van der Waals surface area contributed by atoms with Crippen LogP contribution in [0, 0.1) is 0 Å². The van der Waals surface area contributed by atoms with Gasteiger partial charge < -0.3 is 0 Å². The Morgan fingerprint density at radius 1 is 0.667 bits per heavy atom. The molecule has 0 heterocycles. The van der Waals surface area contributed by atoms with Gasteiger partial charge in [0.1, 0.15) is 0 Å².